The molecule has 0 aliphatic heterocycles. The van der Waals surface area contributed by atoms with E-state index in [2.05, 4.69) is 10.6 Å². The van der Waals surface area contributed by atoms with Crippen molar-refractivity contribution in [1.82, 2.24) is 10.6 Å². The zero-order chi connectivity index (χ0) is 18.3. The average molecular weight is 356 g/mol. The van der Waals surface area contributed by atoms with Gasteiger partial charge in [0.25, 0.3) is 5.91 Å². The molecule has 1 aromatic carbocycles. The summed E-state index contributed by atoms with van der Waals surface area (Å²) in [4.78, 5) is 34.7. The number of hydrogen-bond donors (Lipinski definition) is 2. The third kappa shape index (κ3) is 5.99. The molecule has 0 fully saturated rings. The van der Waals surface area contributed by atoms with Crippen LogP contribution in [0.15, 0.2) is 23.1 Å². The molecule has 1 aromatic rings. The standard InChI is InChI=1S/C15H20N2O6S/c1-4-16-13(18)8-17-14(19)9-23-15(20)12-7-11(24(3,21)22)6-5-10(12)2/h5-7H,4,8-9H2,1-3H3,(H,16,18)(H,17,19). The number of ether oxygens (including phenoxy) is 1. The van der Waals surface area contributed by atoms with Crippen LogP contribution < -0.4 is 10.6 Å². The predicted octanol–water partition coefficient (Wildman–Crippen LogP) is -0.192. The Morgan fingerprint density at radius 1 is 1.12 bits per heavy atom. The van der Waals surface area contributed by atoms with Gasteiger partial charge in [-0.05, 0) is 31.5 Å². The zero-order valence-electron chi connectivity index (χ0n) is 13.7. The van der Waals surface area contributed by atoms with E-state index in [4.69, 9.17) is 4.74 Å². The number of aryl methyl sites for hydroxylation is 1. The van der Waals surface area contributed by atoms with Gasteiger partial charge in [-0.15, -0.1) is 0 Å². The molecular formula is C15H20N2O6S. The van der Waals surface area contributed by atoms with Gasteiger partial charge in [0, 0.05) is 12.8 Å². The molecule has 0 bridgehead atoms. The summed E-state index contributed by atoms with van der Waals surface area (Å²) in [6, 6.07) is 4.09. The summed E-state index contributed by atoms with van der Waals surface area (Å²) in [6.07, 6.45) is 1.03. The van der Waals surface area contributed by atoms with E-state index in [0.717, 1.165) is 6.26 Å². The highest BCUT2D eigenvalue weighted by Crippen LogP contribution is 2.16. The maximum atomic E-state index is 12.0. The number of rotatable bonds is 7. The van der Waals surface area contributed by atoms with Gasteiger partial charge in [-0.2, -0.15) is 0 Å². The fraction of sp³-hybridized carbons (Fsp3) is 0.400. The minimum absolute atomic E-state index is 0.0132. The normalized spacial score (nSPS) is 10.8. The van der Waals surface area contributed by atoms with Gasteiger partial charge >= 0.3 is 5.97 Å². The van der Waals surface area contributed by atoms with Crippen LogP contribution in [0.3, 0.4) is 0 Å². The smallest absolute Gasteiger partial charge is 0.338 e. The van der Waals surface area contributed by atoms with Gasteiger partial charge < -0.3 is 15.4 Å². The Morgan fingerprint density at radius 2 is 1.79 bits per heavy atom. The van der Waals surface area contributed by atoms with Gasteiger partial charge in [-0.25, -0.2) is 13.2 Å². The summed E-state index contributed by atoms with van der Waals surface area (Å²) in [7, 11) is -3.46. The van der Waals surface area contributed by atoms with Gasteiger partial charge in [0.1, 0.15) is 0 Å². The molecule has 24 heavy (non-hydrogen) atoms. The first-order valence-electron chi connectivity index (χ1n) is 7.16. The summed E-state index contributed by atoms with van der Waals surface area (Å²) >= 11 is 0. The Hall–Kier alpha value is -2.42. The molecule has 9 heteroatoms. The minimum atomic E-state index is -3.46. The lowest BCUT2D eigenvalue weighted by atomic mass is 10.1. The Kier molecular flexibility index (Phi) is 6.90. The second-order valence-corrected chi connectivity index (χ2v) is 7.07. The molecular weight excluding hydrogens is 336 g/mol. The third-order valence-corrected chi connectivity index (χ3v) is 4.12. The topological polar surface area (TPSA) is 119 Å². The summed E-state index contributed by atoms with van der Waals surface area (Å²) in [5, 5.41) is 4.80. The van der Waals surface area contributed by atoms with Crippen LogP contribution in [0.2, 0.25) is 0 Å². The van der Waals surface area contributed by atoms with E-state index in [1.54, 1.807) is 13.8 Å². The lowest BCUT2D eigenvalue weighted by molar-refractivity contribution is -0.127. The number of benzene rings is 1. The Balaban J connectivity index is 2.66. The quantitative estimate of drug-likeness (QED) is 0.654. The molecule has 0 unspecified atom stereocenters. The first-order valence-corrected chi connectivity index (χ1v) is 9.05. The van der Waals surface area contributed by atoms with E-state index in [9.17, 15) is 22.8 Å². The second-order valence-electron chi connectivity index (χ2n) is 5.06. The van der Waals surface area contributed by atoms with Crippen LogP contribution in [-0.2, 0) is 24.2 Å². The van der Waals surface area contributed by atoms with Crippen LogP contribution in [0.25, 0.3) is 0 Å². The summed E-state index contributed by atoms with van der Waals surface area (Å²) in [5.74, 6) is -1.80. The molecule has 0 saturated heterocycles. The highest BCUT2D eigenvalue weighted by molar-refractivity contribution is 7.90. The van der Waals surface area contributed by atoms with E-state index >= 15 is 0 Å². The van der Waals surface area contributed by atoms with Gasteiger partial charge in [0.05, 0.1) is 17.0 Å². The Morgan fingerprint density at radius 3 is 2.38 bits per heavy atom. The van der Waals surface area contributed by atoms with E-state index in [0.29, 0.717) is 12.1 Å². The SMILES string of the molecule is CCNC(=O)CNC(=O)COC(=O)c1cc(S(C)(=O)=O)ccc1C. The molecule has 8 nitrogen and oxygen atoms in total. The lowest BCUT2D eigenvalue weighted by Gasteiger charge is -2.09. The molecule has 1 rings (SSSR count). The summed E-state index contributed by atoms with van der Waals surface area (Å²) in [6.45, 7) is 3.03. The van der Waals surface area contributed by atoms with E-state index in [-0.39, 0.29) is 22.9 Å². The number of sulfone groups is 1. The first-order chi connectivity index (χ1) is 11.1. The number of amides is 2. The number of carbonyl (C=O) groups excluding carboxylic acids is 3. The number of carbonyl (C=O) groups is 3. The number of hydrogen-bond acceptors (Lipinski definition) is 6. The van der Waals surface area contributed by atoms with Crippen molar-refractivity contribution in [3.8, 4) is 0 Å². The predicted molar refractivity (Wildman–Crippen MR) is 86.3 cm³/mol. The summed E-state index contributed by atoms with van der Waals surface area (Å²) in [5.41, 5.74) is 0.588. The van der Waals surface area contributed by atoms with Crippen molar-refractivity contribution in [2.45, 2.75) is 18.7 Å². The van der Waals surface area contributed by atoms with Crippen LogP contribution in [0.4, 0.5) is 0 Å². The molecule has 0 radical (unpaired) electrons. The van der Waals surface area contributed by atoms with Crippen LogP contribution in [0.5, 0.6) is 0 Å². The molecule has 0 saturated carbocycles. The van der Waals surface area contributed by atoms with Gasteiger partial charge in [0.2, 0.25) is 5.91 Å². The number of likely N-dealkylation sites (N-methyl/N-ethyl adjacent to an activating group) is 1. The molecule has 2 N–H and O–H groups in total. The Bertz CT molecular complexity index is 742. The van der Waals surface area contributed by atoms with Crippen molar-refractivity contribution in [1.29, 1.82) is 0 Å². The highest BCUT2D eigenvalue weighted by Gasteiger charge is 2.16. The average Bonchev–Trinajstić information content (AvgIpc) is 2.50. The first kappa shape index (κ1) is 19.6. The van der Waals surface area contributed by atoms with Crippen molar-refractivity contribution >= 4 is 27.6 Å². The van der Waals surface area contributed by atoms with E-state index in [1.165, 1.54) is 18.2 Å². The highest BCUT2D eigenvalue weighted by atomic mass is 32.2. The molecule has 0 aliphatic rings. The summed E-state index contributed by atoms with van der Waals surface area (Å²) < 4.78 is 27.9. The van der Waals surface area contributed by atoms with Crippen molar-refractivity contribution in [2.24, 2.45) is 0 Å². The van der Waals surface area contributed by atoms with Gasteiger partial charge in [0.15, 0.2) is 16.4 Å². The van der Waals surface area contributed by atoms with Gasteiger partial charge in [-0.1, -0.05) is 6.07 Å². The fourth-order valence-corrected chi connectivity index (χ4v) is 2.40. The van der Waals surface area contributed by atoms with E-state index in [1.807, 2.05) is 0 Å². The molecule has 0 spiro atoms. The lowest BCUT2D eigenvalue weighted by Crippen LogP contribution is -2.38. The van der Waals surface area contributed by atoms with Crippen LogP contribution in [-0.4, -0.2) is 52.2 Å². The fourth-order valence-electron chi connectivity index (χ4n) is 1.75. The molecule has 0 aromatic heterocycles. The van der Waals surface area contributed by atoms with Crippen molar-refractivity contribution < 1.29 is 27.5 Å². The molecule has 0 aliphatic carbocycles. The van der Waals surface area contributed by atoms with Crippen molar-refractivity contribution in [3.63, 3.8) is 0 Å². The molecule has 132 valence electrons. The van der Waals surface area contributed by atoms with E-state index < -0.39 is 28.3 Å². The molecule has 0 heterocycles. The van der Waals surface area contributed by atoms with Crippen LogP contribution >= 0.6 is 0 Å². The van der Waals surface area contributed by atoms with Crippen LogP contribution in [0, 0.1) is 6.92 Å². The van der Waals surface area contributed by atoms with Crippen molar-refractivity contribution in [3.05, 3.63) is 29.3 Å². The van der Waals surface area contributed by atoms with Gasteiger partial charge in [-0.3, -0.25) is 9.59 Å². The monoisotopic (exact) mass is 356 g/mol. The second kappa shape index (κ2) is 8.44. The minimum Gasteiger partial charge on any atom is -0.452 e. The maximum absolute atomic E-state index is 12.0. The number of nitrogens with one attached hydrogen (secondary N) is 2. The van der Waals surface area contributed by atoms with Crippen molar-refractivity contribution in [2.75, 3.05) is 26.0 Å². The molecule has 0 atom stereocenters. The Labute approximate surface area is 140 Å². The van der Waals surface area contributed by atoms with Crippen LogP contribution in [0.1, 0.15) is 22.8 Å². The maximum Gasteiger partial charge on any atom is 0.338 e. The molecule has 2 amide bonds. The number of esters is 1. The third-order valence-electron chi connectivity index (χ3n) is 3.01. The largest absolute Gasteiger partial charge is 0.452 e. The zero-order valence-corrected chi connectivity index (χ0v) is 14.5.